The van der Waals surface area contributed by atoms with Crippen molar-refractivity contribution in [2.75, 3.05) is 26.7 Å². The number of guanidine groups is 1. The lowest BCUT2D eigenvalue weighted by atomic mass is 10.1. The first-order valence-electron chi connectivity index (χ1n) is 7.62. The average Bonchev–Trinajstić information content (AvgIpc) is 3.17. The van der Waals surface area contributed by atoms with Crippen LogP contribution in [0.4, 0.5) is 0 Å². The Morgan fingerprint density at radius 1 is 1.54 bits per heavy atom. The number of thiazole rings is 1. The fraction of sp³-hybridized carbons (Fsp3) is 0.533. The first kappa shape index (κ1) is 19.1. The molecular weight excluding hydrogens is 439 g/mol. The van der Waals surface area contributed by atoms with Crippen LogP contribution in [0.15, 0.2) is 22.8 Å². The number of aliphatic imine (C=N–C) groups is 1. The molecule has 1 atom stereocenters. The summed E-state index contributed by atoms with van der Waals surface area (Å²) in [5.41, 5.74) is 2.16. The molecule has 1 saturated heterocycles. The topological polar surface area (TPSA) is 67.6 Å². The summed E-state index contributed by atoms with van der Waals surface area (Å²) in [6.45, 7) is 4.97. The summed E-state index contributed by atoms with van der Waals surface area (Å²) >= 11 is 1.67. The van der Waals surface area contributed by atoms with Gasteiger partial charge in [-0.1, -0.05) is 0 Å². The van der Waals surface area contributed by atoms with Crippen LogP contribution in [0.25, 0.3) is 0 Å². The number of hydrogen-bond donors (Lipinski definition) is 1. The van der Waals surface area contributed by atoms with Crippen LogP contribution in [-0.4, -0.2) is 52.4 Å². The molecule has 0 aliphatic carbocycles. The predicted octanol–water partition coefficient (Wildman–Crippen LogP) is 1.95. The van der Waals surface area contributed by atoms with Crippen molar-refractivity contribution in [2.45, 2.75) is 19.6 Å². The Bertz CT molecular complexity index is 685. The van der Waals surface area contributed by atoms with Crippen LogP contribution in [0.3, 0.4) is 0 Å². The minimum Gasteiger partial charge on any atom is -0.370 e. The second kappa shape index (κ2) is 8.77. The Morgan fingerprint density at radius 3 is 3.00 bits per heavy atom. The zero-order valence-electron chi connectivity index (χ0n) is 14.1. The third-order valence-corrected chi connectivity index (χ3v) is 4.71. The van der Waals surface area contributed by atoms with Gasteiger partial charge in [0.2, 0.25) is 0 Å². The highest BCUT2D eigenvalue weighted by Gasteiger charge is 2.25. The normalized spacial score (nSPS) is 18.4. The SMILES string of the molecule is CN=C(NCc1nc(C)cs1)N1CCOC(c2cnn(C)c2)C1.I. The van der Waals surface area contributed by atoms with Crippen LogP contribution in [0, 0.1) is 6.92 Å². The standard InChI is InChI=1S/C15H22N6OS.HI/c1-11-10-23-14(19-11)7-17-15(16-2)21-4-5-22-13(9-21)12-6-18-20(3)8-12;/h6,8,10,13H,4-5,7,9H2,1-3H3,(H,16,17);1H. The van der Waals surface area contributed by atoms with E-state index in [1.54, 1.807) is 16.0 Å². The van der Waals surface area contributed by atoms with Gasteiger partial charge in [-0.25, -0.2) is 4.98 Å². The molecule has 3 heterocycles. The minimum atomic E-state index is 0. The Balaban J connectivity index is 0.00000208. The van der Waals surface area contributed by atoms with Gasteiger partial charge in [-0.2, -0.15) is 5.10 Å². The van der Waals surface area contributed by atoms with Gasteiger partial charge >= 0.3 is 0 Å². The van der Waals surface area contributed by atoms with Crippen LogP contribution < -0.4 is 5.32 Å². The fourth-order valence-corrected chi connectivity index (χ4v) is 3.33. The van der Waals surface area contributed by atoms with E-state index in [0.717, 1.165) is 35.3 Å². The molecule has 0 spiro atoms. The lowest BCUT2D eigenvalue weighted by molar-refractivity contribution is -0.00805. The Morgan fingerprint density at radius 2 is 2.38 bits per heavy atom. The van der Waals surface area contributed by atoms with Gasteiger partial charge in [-0.15, -0.1) is 35.3 Å². The molecule has 1 N–H and O–H groups in total. The van der Waals surface area contributed by atoms with Crippen LogP contribution in [0.1, 0.15) is 22.4 Å². The maximum absolute atomic E-state index is 5.88. The second-order valence-corrected chi connectivity index (χ2v) is 6.48. The van der Waals surface area contributed by atoms with Crippen molar-refractivity contribution >= 4 is 41.3 Å². The van der Waals surface area contributed by atoms with Gasteiger partial charge in [-0.05, 0) is 6.92 Å². The van der Waals surface area contributed by atoms with Crippen molar-refractivity contribution in [1.29, 1.82) is 0 Å². The molecule has 0 radical (unpaired) electrons. The van der Waals surface area contributed by atoms with E-state index in [0.29, 0.717) is 13.2 Å². The molecule has 2 aromatic rings. The van der Waals surface area contributed by atoms with E-state index in [4.69, 9.17) is 4.74 Å². The molecule has 2 aromatic heterocycles. The molecule has 24 heavy (non-hydrogen) atoms. The van der Waals surface area contributed by atoms with Crippen LogP contribution in [0.2, 0.25) is 0 Å². The van der Waals surface area contributed by atoms with Crippen molar-refractivity contribution < 1.29 is 4.74 Å². The molecule has 3 rings (SSSR count). The van der Waals surface area contributed by atoms with Crippen molar-refractivity contribution in [1.82, 2.24) is 25.0 Å². The monoisotopic (exact) mass is 462 g/mol. The molecule has 7 nitrogen and oxygen atoms in total. The first-order valence-corrected chi connectivity index (χ1v) is 8.50. The van der Waals surface area contributed by atoms with Gasteiger partial charge in [0.05, 0.1) is 25.9 Å². The van der Waals surface area contributed by atoms with Crippen molar-refractivity contribution in [3.63, 3.8) is 0 Å². The van der Waals surface area contributed by atoms with Crippen LogP contribution >= 0.6 is 35.3 Å². The van der Waals surface area contributed by atoms with E-state index in [9.17, 15) is 0 Å². The van der Waals surface area contributed by atoms with Gasteiger partial charge < -0.3 is 15.0 Å². The van der Waals surface area contributed by atoms with Gasteiger partial charge in [0.15, 0.2) is 5.96 Å². The Hall–Kier alpha value is -1.20. The Kier molecular flexibility index (Phi) is 6.99. The predicted molar refractivity (Wildman–Crippen MR) is 106 cm³/mol. The lowest BCUT2D eigenvalue weighted by Crippen LogP contribution is -2.47. The molecule has 0 bridgehead atoms. The summed E-state index contributed by atoms with van der Waals surface area (Å²) in [4.78, 5) is 11.1. The van der Waals surface area contributed by atoms with E-state index in [1.165, 1.54) is 0 Å². The number of halogens is 1. The van der Waals surface area contributed by atoms with E-state index in [1.807, 2.05) is 33.4 Å². The number of ether oxygens (including phenoxy) is 1. The highest BCUT2D eigenvalue weighted by atomic mass is 127. The van der Waals surface area contributed by atoms with Gasteiger partial charge in [0.25, 0.3) is 0 Å². The summed E-state index contributed by atoms with van der Waals surface area (Å²) in [6.07, 6.45) is 3.89. The summed E-state index contributed by atoms with van der Waals surface area (Å²) in [7, 11) is 3.73. The van der Waals surface area contributed by atoms with Crippen molar-refractivity contribution in [2.24, 2.45) is 12.0 Å². The maximum atomic E-state index is 5.88. The molecule has 0 aromatic carbocycles. The molecule has 1 fully saturated rings. The number of aromatic nitrogens is 3. The number of rotatable bonds is 3. The summed E-state index contributed by atoms with van der Waals surface area (Å²) in [5, 5.41) is 10.8. The molecule has 9 heteroatoms. The number of aryl methyl sites for hydroxylation is 2. The molecule has 0 saturated carbocycles. The molecule has 1 aliphatic rings. The Labute approximate surface area is 163 Å². The number of nitrogens with one attached hydrogen (secondary N) is 1. The summed E-state index contributed by atoms with van der Waals surface area (Å²) in [6, 6.07) is 0. The zero-order chi connectivity index (χ0) is 16.2. The van der Waals surface area contributed by atoms with Gasteiger partial charge in [-0.3, -0.25) is 9.67 Å². The molecular formula is C15H23IN6OS. The quantitative estimate of drug-likeness (QED) is 0.429. The third-order valence-electron chi connectivity index (χ3n) is 3.74. The number of hydrogen-bond acceptors (Lipinski definition) is 5. The third kappa shape index (κ3) is 4.67. The van der Waals surface area contributed by atoms with Gasteiger partial charge in [0, 0.05) is 43.5 Å². The molecule has 0 amide bonds. The number of nitrogens with zero attached hydrogens (tertiary/aromatic N) is 5. The van der Waals surface area contributed by atoms with Crippen LogP contribution in [0.5, 0.6) is 0 Å². The minimum absolute atomic E-state index is 0. The first-order chi connectivity index (χ1) is 11.2. The van der Waals surface area contributed by atoms with E-state index in [-0.39, 0.29) is 30.1 Å². The smallest absolute Gasteiger partial charge is 0.194 e. The van der Waals surface area contributed by atoms with E-state index < -0.39 is 0 Å². The number of morpholine rings is 1. The van der Waals surface area contributed by atoms with Crippen molar-refractivity contribution in [3.8, 4) is 0 Å². The molecule has 1 unspecified atom stereocenters. The van der Waals surface area contributed by atoms with E-state index in [2.05, 4.69) is 30.7 Å². The highest BCUT2D eigenvalue weighted by molar-refractivity contribution is 14.0. The largest absolute Gasteiger partial charge is 0.370 e. The highest BCUT2D eigenvalue weighted by Crippen LogP contribution is 2.21. The molecule has 1 aliphatic heterocycles. The second-order valence-electron chi connectivity index (χ2n) is 5.54. The van der Waals surface area contributed by atoms with Crippen molar-refractivity contribution in [3.05, 3.63) is 34.0 Å². The zero-order valence-corrected chi connectivity index (χ0v) is 17.2. The van der Waals surface area contributed by atoms with Gasteiger partial charge in [0.1, 0.15) is 11.1 Å². The lowest BCUT2D eigenvalue weighted by Gasteiger charge is -2.34. The fourth-order valence-electron chi connectivity index (χ4n) is 2.62. The average molecular weight is 462 g/mol. The summed E-state index contributed by atoms with van der Waals surface area (Å²) < 4.78 is 7.68. The van der Waals surface area contributed by atoms with Crippen LogP contribution in [-0.2, 0) is 18.3 Å². The molecule has 132 valence electrons. The summed E-state index contributed by atoms with van der Waals surface area (Å²) in [5.74, 6) is 0.884. The van der Waals surface area contributed by atoms with E-state index >= 15 is 0 Å². The maximum Gasteiger partial charge on any atom is 0.194 e.